The maximum atomic E-state index is 14.9. The Kier molecular flexibility index (Phi) is 8.05. The van der Waals surface area contributed by atoms with E-state index in [2.05, 4.69) is 10.6 Å². The number of amides is 4. The van der Waals surface area contributed by atoms with Crippen molar-refractivity contribution in [2.75, 3.05) is 13.2 Å². The molecule has 1 atom stereocenters. The number of hydrogen-bond acceptors (Lipinski definition) is 6. The van der Waals surface area contributed by atoms with Crippen LogP contribution in [0.15, 0.2) is 42.5 Å². The van der Waals surface area contributed by atoms with Crippen LogP contribution in [0.25, 0.3) is 0 Å². The van der Waals surface area contributed by atoms with Crippen LogP contribution in [0.1, 0.15) is 53.7 Å². The number of nitrogens with zero attached hydrogens (tertiary/aromatic N) is 1. The minimum Gasteiger partial charge on any atom is -0.491 e. The van der Waals surface area contributed by atoms with E-state index < -0.39 is 29.3 Å². The molecule has 0 radical (unpaired) electrons. The zero-order valence-electron chi connectivity index (χ0n) is 21.1. The Morgan fingerprint density at radius 2 is 1.95 bits per heavy atom. The van der Waals surface area contributed by atoms with E-state index in [4.69, 9.17) is 9.47 Å². The molecule has 38 heavy (non-hydrogen) atoms. The highest BCUT2D eigenvalue weighted by Gasteiger charge is 2.41. The molecule has 4 amide bonds. The van der Waals surface area contributed by atoms with Crippen molar-refractivity contribution < 1.29 is 37.4 Å². The number of halogens is 2. The van der Waals surface area contributed by atoms with Gasteiger partial charge in [0.25, 0.3) is 11.8 Å². The molecule has 2 aliphatic rings. The highest BCUT2D eigenvalue weighted by Crippen LogP contribution is 2.31. The molecule has 202 valence electrons. The molecule has 0 bridgehead atoms. The number of nitrogens with one attached hydrogen (secondary N) is 2. The van der Waals surface area contributed by atoms with Gasteiger partial charge in [0, 0.05) is 30.6 Å². The molecule has 2 aromatic carbocycles. The number of carbonyl (C=O) groups is 4. The van der Waals surface area contributed by atoms with Gasteiger partial charge in [-0.25, -0.2) is 0 Å². The number of alkyl halides is 2. The Morgan fingerprint density at radius 1 is 1.16 bits per heavy atom. The zero-order valence-corrected chi connectivity index (χ0v) is 21.1. The van der Waals surface area contributed by atoms with Gasteiger partial charge in [-0.2, -0.15) is 8.78 Å². The molecule has 11 heteroatoms. The van der Waals surface area contributed by atoms with Crippen LogP contribution in [0.4, 0.5) is 8.78 Å². The fraction of sp³-hybridized carbons (Fsp3) is 0.407. The van der Waals surface area contributed by atoms with E-state index in [0.717, 1.165) is 12.1 Å². The molecule has 9 nitrogen and oxygen atoms in total. The van der Waals surface area contributed by atoms with E-state index >= 15 is 0 Å². The predicted octanol–water partition coefficient (Wildman–Crippen LogP) is 2.66. The second-order valence-electron chi connectivity index (χ2n) is 9.44. The normalized spacial score (nSPS) is 17.4. The summed E-state index contributed by atoms with van der Waals surface area (Å²) in [6.45, 7) is 4.19. The third-order valence-corrected chi connectivity index (χ3v) is 6.33. The summed E-state index contributed by atoms with van der Waals surface area (Å²) in [6.07, 6.45) is 0.401. The van der Waals surface area contributed by atoms with Gasteiger partial charge < -0.3 is 19.7 Å². The van der Waals surface area contributed by atoms with Crippen molar-refractivity contribution >= 4 is 23.6 Å². The van der Waals surface area contributed by atoms with Crippen LogP contribution in [0.5, 0.6) is 5.75 Å². The van der Waals surface area contributed by atoms with Gasteiger partial charge in [-0.05, 0) is 49.6 Å². The van der Waals surface area contributed by atoms with Crippen molar-refractivity contribution in [2.45, 2.75) is 57.8 Å². The summed E-state index contributed by atoms with van der Waals surface area (Å²) in [4.78, 5) is 50.3. The summed E-state index contributed by atoms with van der Waals surface area (Å²) in [7, 11) is 0. The van der Waals surface area contributed by atoms with Gasteiger partial charge in [0.05, 0.1) is 12.7 Å². The van der Waals surface area contributed by atoms with Crippen molar-refractivity contribution in [3.8, 4) is 5.75 Å². The topological polar surface area (TPSA) is 114 Å². The maximum Gasteiger partial charge on any atom is 0.349 e. The summed E-state index contributed by atoms with van der Waals surface area (Å²) in [5, 5.41) is 4.50. The first-order chi connectivity index (χ1) is 18.1. The summed E-state index contributed by atoms with van der Waals surface area (Å²) >= 11 is 0. The standard InChI is InChI=1S/C27H29F2N3O6/c1-16(2)37-10-11-38-20-5-3-4-19(13-20)27(28,29)26(36)30-14-17-6-7-21-18(12-17)15-32(25(21)35)22-8-9-23(33)31-24(22)34/h3-7,12-13,16,22H,8-11,14-15H2,1-2H3,(H,30,36)(H,31,33,34). The first kappa shape index (κ1) is 27.2. The lowest BCUT2D eigenvalue weighted by Gasteiger charge is -2.29. The highest BCUT2D eigenvalue weighted by molar-refractivity contribution is 6.05. The first-order valence-electron chi connectivity index (χ1n) is 12.3. The van der Waals surface area contributed by atoms with E-state index in [0.29, 0.717) is 23.3 Å². The number of ether oxygens (including phenoxy) is 2. The fourth-order valence-corrected chi connectivity index (χ4v) is 4.39. The van der Waals surface area contributed by atoms with E-state index in [1.807, 2.05) is 13.8 Å². The first-order valence-corrected chi connectivity index (χ1v) is 12.3. The molecule has 0 spiro atoms. The predicted molar refractivity (Wildman–Crippen MR) is 131 cm³/mol. The molecular formula is C27H29F2N3O6. The summed E-state index contributed by atoms with van der Waals surface area (Å²) < 4.78 is 40.6. The largest absolute Gasteiger partial charge is 0.491 e. The summed E-state index contributed by atoms with van der Waals surface area (Å²) in [6, 6.07) is 9.20. The lowest BCUT2D eigenvalue weighted by Crippen LogP contribution is -2.52. The van der Waals surface area contributed by atoms with Gasteiger partial charge in [0.2, 0.25) is 11.8 Å². The Bertz CT molecular complexity index is 1250. The van der Waals surface area contributed by atoms with Crippen molar-refractivity contribution in [1.29, 1.82) is 0 Å². The van der Waals surface area contributed by atoms with Crippen LogP contribution in [0, 0.1) is 0 Å². The molecule has 2 heterocycles. The van der Waals surface area contributed by atoms with Gasteiger partial charge in [0.1, 0.15) is 18.4 Å². The van der Waals surface area contributed by atoms with Crippen LogP contribution in [0.2, 0.25) is 0 Å². The van der Waals surface area contributed by atoms with Gasteiger partial charge in [-0.15, -0.1) is 0 Å². The highest BCUT2D eigenvalue weighted by atomic mass is 19.3. The Morgan fingerprint density at radius 3 is 2.68 bits per heavy atom. The smallest absolute Gasteiger partial charge is 0.349 e. The van der Waals surface area contributed by atoms with Crippen LogP contribution >= 0.6 is 0 Å². The maximum absolute atomic E-state index is 14.9. The van der Waals surface area contributed by atoms with Crippen molar-refractivity contribution in [3.05, 3.63) is 64.7 Å². The number of rotatable bonds is 10. The number of piperidine rings is 1. The average Bonchev–Trinajstić information content (AvgIpc) is 3.20. The fourth-order valence-electron chi connectivity index (χ4n) is 4.39. The van der Waals surface area contributed by atoms with Gasteiger partial charge >= 0.3 is 5.92 Å². The molecule has 1 unspecified atom stereocenters. The molecular weight excluding hydrogens is 500 g/mol. The van der Waals surface area contributed by atoms with Crippen LogP contribution < -0.4 is 15.4 Å². The third kappa shape index (κ3) is 5.99. The Balaban J connectivity index is 1.36. The second-order valence-corrected chi connectivity index (χ2v) is 9.44. The average molecular weight is 530 g/mol. The van der Waals surface area contributed by atoms with Gasteiger partial charge in [-0.1, -0.05) is 24.3 Å². The number of fused-ring (bicyclic) bond motifs is 1. The zero-order chi connectivity index (χ0) is 27.4. The molecule has 1 fully saturated rings. The number of benzene rings is 2. The van der Waals surface area contributed by atoms with Crippen molar-refractivity contribution in [3.63, 3.8) is 0 Å². The summed E-state index contributed by atoms with van der Waals surface area (Å²) in [5.74, 6) is -6.31. The molecule has 2 aromatic rings. The lowest BCUT2D eigenvalue weighted by atomic mass is 10.0. The van der Waals surface area contributed by atoms with Crippen LogP contribution in [-0.2, 0) is 38.1 Å². The molecule has 0 aromatic heterocycles. The molecule has 2 N–H and O–H groups in total. The Hall–Kier alpha value is -3.86. The minimum atomic E-state index is -3.80. The second kappa shape index (κ2) is 11.3. The number of imide groups is 1. The molecule has 0 saturated carbocycles. The molecule has 4 rings (SSSR count). The van der Waals surface area contributed by atoms with Gasteiger partial charge in [0.15, 0.2) is 0 Å². The Labute approximate surface area is 218 Å². The number of carbonyl (C=O) groups excluding carboxylic acids is 4. The molecule has 1 saturated heterocycles. The molecule has 2 aliphatic heterocycles. The monoisotopic (exact) mass is 529 g/mol. The molecule has 0 aliphatic carbocycles. The SMILES string of the molecule is CC(C)OCCOc1cccc(C(F)(F)C(=O)NCc2ccc3c(c2)CN(C2CCC(=O)NC2=O)C3=O)c1. The quantitative estimate of drug-likeness (QED) is 0.361. The van der Waals surface area contributed by atoms with Crippen molar-refractivity contribution in [2.24, 2.45) is 0 Å². The van der Waals surface area contributed by atoms with E-state index in [9.17, 15) is 28.0 Å². The van der Waals surface area contributed by atoms with Gasteiger partial charge in [-0.3, -0.25) is 24.5 Å². The van der Waals surface area contributed by atoms with E-state index in [-0.39, 0.29) is 56.2 Å². The van der Waals surface area contributed by atoms with Crippen LogP contribution in [-0.4, -0.2) is 53.9 Å². The minimum absolute atomic E-state index is 0.0217. The summed E-state index contributed by atoms with van der Waals surface area (Å²) in [5.41, 5.74) is 1.03. The van der Waals surface area contributed by atoms with Crippen LogP contribution in [0.3, 0.4) is 0 Å². The number of hydrogen-bond donors (Lipinski definition) is 2. The van der Waals surface area contributed by atoms with E-state index in [1.165, 1.54) is 17.0 Å². The third-order valence-electron chi connectivity index (χ3n) is 6.33. The van der Waals surface area contributed by atoms with E-state index in [1.54, 1.807) is 18.2 Å². The lowest BCUT2D eigenvalue weighted by molar-refractivity contribution is -0.147. The van der Waals surface area contributed by atoms with Crippen molar-refractivity contribution in [1.82, 2.24) is 15.5 Å².